The van der Waals surface area contributed by atoms with Crippen LogP contribution in [0.1, 0.15) is 23.4 Å². The molecule has 0 radical (unpaired) electrons. The molecule has 1 amide bonds. The lowest BCUT2D eigenvalue weighted by atomic mass is 10.1. The van der Waals surface area contributed by atoms with Crippen molar-refractivity contribution in [2.75, 3.05) is 18.6 Å². The predicted octanol–water partition coefficient (Wildman–Crippen LogP) is 2.31. The van der Waals surface area contributed by atoms with Crippen molar-refractivity contribution >= 4 is 21.8 Å². The van der Waals surface area contributed by atoms with Crippen molar-refractivity contribution < 1.29 is 17.9 Å². The van der Waals surface area contributed by atoms with Crippen molar-refractivity contribution in [1.82, 2.24) is 9.88 Å². The van der Waals surface area contributed by atoms with Crippen LogP contribution in [0, 0.1) is 25.2 Å². The first-order valence-corrected chi connectivity index (χ1v) is 11.0. The zero-order chi connectivity index (χ0) is 21.2. The van der Waals surface area contributed by atoms with E-state index in [1.807, 2.05) is 54.8 Å². The number of carbonyl (C=O) groups excluding carboxylic acids is 1. The molecule has 0 bridgehead atoms. The number of nitriles is 1. The standard InChI is InChI=1S/C21H23N3O4S/c1-14-10-16(15(2)24(14)19-4-6-20(28-3)7-5-19)11-17(12-22)21(25)23-18-8-9-29(26,27)13-18/h4-7,10-11,18H,8-9,13H2,1-3H3,(H,23,25)/b17-11+/t18-/m1/s1. The molecule has 1 aliphatic rings. The van der Waals surface area contributed by atoms with Crippen molar-refractivity contribution in [3.63, 3.8) is 0 Å². The zero-order valence-corrected chi connectivity index (χ0v) is 17.4. The van der Waals surface area contributed by atoms with Gasteiger partial charge in [-0.25, -0.2) is 8.42 Å². The molecule has 8 heteroatoms. The first kappa shape index (κ1) is 20.7. The van der Waals surface area contributed by atoms with Gasteiger partial charge in [0, 0.05) is 23.1 Å². The third kappa shape index (κ3) is 4.51. The number of hydrogen-bond acceptors (Lipinski definition) is 5. The van der Waals surface area contributed by atoms with E-state index in [2.05, 4.69) is 5.32 Å². The summed E-state index contributed by atoms with van der Waals surface area (Å²) in [5.41, 5.74) is 3.49. The van der Waals surface area contributed by atoms with Crippen LogP contribution in [0.15, 0.2) is 35.9 Å². The first-order chi connectivity index (χ1) is 13.7. The maximum atomic E-state index is 12.5. The molecule has 152 valence electrons. The molecular weight excluding hydrogens is 390 g/mol. The number of hydrogen-bond donors (Lipinski definition) is 1. The number of sulfone groups is 1. The molecule has 1 atom stereocenters. The number of benzene rings is 1. The Morgan fingerprint density at radius 3 is 2.55 bits per heavy atom. The van der Waals surface area contributed by atoms with E-state index in [-0.39, 0.29) is 17.1 Å². The molecule has 0 aliphatic carbocycles. The third-order valence-electron chi connectivity index (χ3n) is 5.03. The number of methoxy groups -OCH3 is 1. The van der Waals surface area contributed by atoms with Crippen LogP contribution in [0.4, 0.5) is 0 Å². The number of ether oxygens (including phenoxy) is 1. The Labute approximate surface area is 170 Å². The van der Waals surface area contributed by atoms with Gasteiger partial charge in [0.2, 0.25) is 0 Å². The van der Waals surface area contributed by atoms with Crippen molar-refractivity contribution in [3.8, 4) is 17.5 Å². The second kappa shape index (κ2) is 8.13. The van der Waals surface area contributed by atoms with Gasteiger partial charge in [0.15, 0.2) is 9.84 Å². The predicted molar refractivity (Wildman–Crippen MR) is 111 cm³/mol. The SMILES string of the molecule is COc1ccc(-n2c(C)cc(/C=C(\C#N)C(=O)N[C@@H]3CCS(=O)(=O)C3)c2C)cc1. The summed E-state index contributed by atoms with van der Waals surface area (Å²) in [7, 11) is -1.50. The average Bonchev–Trinajstić information content (AvgIpc) is 3.17. The molecule has 2 aromatic rings. The summed E-state index contributed by atoms with van der Waals surface area (Å²) in [5, 5.41) is 12.1. The van der Waals surface area contributed by atoms with Gasteiger partial charge in [-0.1, -0.05) is 0 Å². The van der Waals surface area contributed by atoms with Crippen LogP contribution >= 0.6 is 0 Å². The summed E-state index contributed by atoms with van der Waals surface area (Å²) in [6, 6.07) is 11.0. The molecular formula is C21H23N3O4S. The van der Waals surface area contributed by atoms with Gasteiger partial charge in [0.25, 0.3) is 5.91 Å². The minimum Gasteiger partial charge on any atom is -0.497 e. The first-order valence-electron chi connectivity index (χ1n) is 9.20. The van der Waals surface area contributed by atoms with Crippen LogP contribution in [-0.2, 0) is 14.6 Å². The Kier molecular flexibility index (Phi) is 5.80. The normalized spacial score (nSPS) is 18.3. The number of nitrogens with one attached hydrogen (secondary N) is 1. The Morgan fingerprint density at radius 1 is 1.31 bits per heavy atom. The van der Waals surface area contributed by atoms with Gasteiger partial charge >= 0.3 is 0 Å². The Bertz CT molecular complexity index is 1110. The molecule has 1 saturated heterocycles. The molecule has 1 aromatic heterocycles. The molecule has 2 heterocycles. The van der Waals surface area contributed by atoms with Crippen LogP contribution in [0.3, 0.4) is 0 Å². The minimum absolute atomic E-state index is 0.0516. The van der Waals surface area contributed by atoms with Gasteiger partial charge in [-0.05, 0) is 62.2 Å². The number of amides is 1. The molecule has 0 saturated carbocycles. The average molecular weight is 413 g/mol. The highest BCUT2D eigenvalue weighted by atomic mass is 32.2. The summed E-state index contributed by atoms with van der Waals surface area (Å²) in [4.78, 5) is 12.5. The van der Waals surface area contributed by atoms with Gasteiger partial charge in [-0.15, -0.1) is 0 Å². The molecule has 1 aromatic carbocycles. The van der Waals surface area contributed by atoms with E-state index in [9.17, 15) is 18.5 Å². The fourth-order valence-electron chi connectivity index (χ4n) is 3.54. The number of carbonyl (C=O) groups is 1. The van der Waals surface area contributed by atoms with Gasteiger partial charge in [-0.3, -0.25) is 4.79 Å². The van der Waals surface area contributed by atoms with E-state index in [4.69, 9.17) is 4.74 Å². The fourth-order valence-corrected chi connectivity index (χ4v) is 5.21. The van der Waals surface area contributed by atoms with Gasteiger partial charge in [0.1, 0.15) is 17.4 Å². The molecule has 1 aliphatic heterocycles. The summed E-state index contributed by atoms with van der Waals surface area (Å²) < 4.78 is 30.4. The molecule has 1 N–H and O–H groups in total. The van der Waals surface area contributed by atoms with Crippen molar-refractivity contribution in [3.05, 3.63) is 52.9 Å². The van der Waals surface area contributed by atoms with E-state index < -0.39 is 21.8 Å². The van der Waals surface area contributed by atoms with Crippen molar-refractivity contribution in [1.29, 1.82) is 5.26 Å². The number of aryl methyl sites for hydroxylation is 1. The topological polar surface area (TPSA) is 101 Å². The van der Waals surface area contributed by atoms with E-state index >= 15 is 0 Å². The highest BCUT2D eigenvalue weighted by Gasteiger charge is 2.29. The Morgan fingerprint density at radius 2 is 2.00 bits per heavy atom. The molecule has 0 unspecified atom stereocenters. The van der Waals surface area contributed by atoms with Crippen LogP contribution in [-0.4, -0.2) is 43.5 Å². The van der Waals surface area contributed by atoms with Gasteiger partial charge in [-0.2, -0.15) is 5.26 Å². The summed E-state index contributed by atoms with van der Waals surface area (Å²) in [6.45, 7) is 3.86. The van der Waals surface area contributed by atoms with Crippen molar-refractivity contribution in [2.45, 2.75) is 26.3 Å². The highest BCUT2D eigenvalue weighted by Crippen LogP contribution is 2.24. The lowest BCUT2D eigenvalue weighted by molar-refractivity contribution is -0.117. The highest BCUT2D eigenvalue weighted by molar-refractivity contribution is 7.91. The maximum absolute atomic E-state index is 12.5. The summed E-state index contributed by atoms with van der Waals surface area (Å²) >= 11 is 0. The number of nitrogens with zero attached hydrogens (tertiary/aromatic N) is 2. The quantitative estimate of drug-likeness (QED) is 0.599. The van der Waals surface area contributed by atoms with E-state index in [1.165, 1.54) is 0 Å². The molecule has 29 heavy (non-hydrogen) atoms. The Hall–Kier alpha value is -3.05. The van der Waals surface area contributed by atoms with Crippen LogP contribution in [0.25, 0.3) is 11.8 Å². The number of rotatable bonds is 5. The second-order valence-electron chi connectivity index (χ2n) is 7.10. The molecule has 1 fully saturated rings. The lowest BCUT2D eigenvalue weighted by Crippen LogP contribution is -2.36. The smallest absolute Gasteiger partial charge is 0.262 e. The Balaban J connectivity index is 1.86. The third-order valence-corrected chi connectivity index (χ3v) is 6.80. The summed E-state index contributed by atoms with van der Waals surface area (Å²) in [6.07, 6.45) is 1.92. The molecule has 7 nitrogen and oxygen atoms in total. The number of aromatic nitrogens is 1. The molecule has 0 spiro atoms. The lowest BCUT2D eigenvalue weighted by Gasteiger charge is -2.11. The van der Waals surface area contributed by atoms with Crippen LogP contribution < -0.4 is 10.1 Å². The maximum Gasteiger partial charge on any atom is 0.262 e. The zero-order valence-electron chi connectivity index (χ0n) is 16.6. The van der Waals surface area contributed by atoms with Crippen LogP contribution in [0.5, 0.6) is 5.75 Å². The second-order valence-corrected chi connectivity index (χ2v) is 9.33. The van der Waals surface area contributed by atoms with E-state index in [0.717, 1.165) is 28.4 Å². The van der Waals surface area contributed by atoms with E-state index in [0.29, 0.717) is 6.42 Å². The van der Waals surface area contributed by atoms with E-state index in [1.54, 1.807) is 13.2 Å². The summed E-state index contributed by atoms with van der Waals surface area (Å²) in [5.74, 6) is 0.188. The largest absolute Gasteiger partial charge is 0.497 e. The van der Waals surface area contributed by atoms with Crippen molar-refractivity contribution in [2.24, 2.45) is 0 Å². The fraction of sp³-hybridized carbons (Fsp3) is 0.333. The monoisotopic (exact) mass is 413 g/mol. The molecule has 3 rings (SSSR count). The van der Waals surface area contributed by atoms with Gasteiger partial charge < -0.3 is 14.6 Å². The van der Waals surface area contributed by atoms with Gasteiger partial charge in [0.05, 0.1) is 18.6 Å². The minimum atomic E-state index is -3.11. The van der Waals surface area contributed by atoms with Crippen LogP contribution in [0.2, 0.25) is 0 Å².